The third kappa shape index (κ3) is 5.50. The Bertz CT molecular complexity index is 284. The van der Waals surface area contributed by atoms with Crippen molar-refractivity contribution in [1.29, 1.82) is 5.26 Å². The van der Waals surface area contributed by atoms with Crippen LogP contribution in [0.5, 0.6) is 0 Å². The molecule has 1 saturated heterocycles. The number of likely N-dealkylation sites (tertiary alicyclic amines) is 1. The lowest BCUT2D eigenvalue weighted by molar-refractivity contribution is 0.239. The van der Waals surface area contributed by atoms with E-state index in [0.29, 0.717) is 0 Å². The van der Waals surface area contributed by atoms with Crippen LogP contribution in [0, 0.1) is 11.3 Å². The Labute approximate surface area is 119 Å². The maximum atomic E-state index is 9.28. The third-order valence-corrected chi connectivity index (χ3v) is 4.35. The van der Waals surface area contributed by atoms with Crippen LogP contribution in [0.2, 0.25) is 0 Å². The zero-order valence-corrected chi connectivity index (χ0v) is 13.0. The molecule has 0 aromatic heterocycles. The summed E-state index contributed by atoms with van der Waals surface area (Å²) in [6.07, 6.45) is 8.46. The number of unbranched alkanes of at least 4 members (excludes halogenated alkanes) is 1. The molecule has 0 amide bonds. The third-order valence-electron chi connectivity index (χ3n) is 4.35. The summed E-state index contributed by atoms with van der Waals surface area (Å²) in [7, 11) is 0. The van der Waals surface area contributed by atoms with Gasteiger partial charge in [0.05, 0.1) is 6.07 Å². The second-order valence-electron chi connectivity index (χ2n) is 6.07. The summed E-state index contributed by atoms with van der Waals surface area (Å²) >= 11 is 0. The number of nitrogens with zero attached hydrogens (tertiary/aromatic N) is 2. The highest BCUT2D eigenvalue weighted by molar-refractivity contribution is 5.03. The average molecular weight is 265 g/mol. The standard InChI is InChI=1S/C16H31N3/c1-4-11-18-16(3,14-17)10-6-7-12-19-13-8-9-15(19)5-2/h15,18H,4-13H2,1-3H3. The van der Waals surface area contributed by atoms with E-state index in [-0.39, 0.29) is 5.54 Å². The quantitative estimate of drug-likeness (QED) is 0.650. The van der Waals surface area contributed by atoms with Gasteiger partial charge in [0.25, 0.3) is 0 Å². The first-order valence-corrected chi connectivity index (χ1v) is 8.05. The molecule has 0 saturated carbocycles. The van der Waals surface area contributed by atoms with Gasteiger partial charge in [-0.2, -0.15) is 5.26 Å². The van der Waals surface area contributed by atoms with Gasteiger partial charge in [-0.1, -0.05) is 13.8 Å². The molecule has 0 aliphatic carbocycles. The molecule has 1 heterocycles. The highest BCUT2D eigenvalue weighted by atomic mass is 15.2. The van der Waals surface area contributed by atoms with Crippen LogP contribution in [-0.4, -0.2) is 36.1 Å². The molecule has 2 unspecified atom stereocenters. The zero-order valence-electron chi connectivity index (χ0n) is 13.0. The van der Waals surface area contributed by atoms with E-state index in [1.54, 1.807) is 0 Å². The van der Waals surface area contributed by atoms with E-state index >= 15 is 0 Å². The lowest BCUT2D eigenvalue weighted by atomic mass is 9.96. The summed E-state index contributed by atoms with van der Waals surface area (Å²) in [6, 6.07) is 3.26. The highest BCUT2D eigenvalue weighted by Crippen LogP contribution is 2.21. The Kier molecular flexibility index (Phi) is 7.41. The molecule has 1 fully saturated rings. The van der Waals surface area contributed by atoms with Crippen molar-refractivity contribution in [1.82, 2.24) is 10.2 Å². The molecule has 1 aliphatic rings. The minimum absolute atomic E-state index is 0.328. The van der Waals surface area contributed by atoms with Gasteiger partial charge in [0.15, 0.2) is 0 Å². The van der Waals surface area contributed by atoms with Crippen LogP contribution >= 0.6 is 0 Å². The van der Waals surface area contributed by atoms with E-state index in [4.69, 9.17) is 0 Å². The molecule has 3 nitrogen and oxygen atoms in total. The Morgan fingerprint density at radius 2 is 2.16 bits per heavy atom. The average Bonchev–Trinajstić information content (AvgIpc) is 2.89. The number of nitrogens with one attached hydrogen (secondary N) is 1. The molecule has 110 valence electrons. The van der Waals surface area contributed by atoms with Crippen LogP contribution in [0.4, 0.5) is 0 Å². The maximum Gasteiger partial charge on any atom is 0.103 e. The first kappa shape index (κ1) is 16.5. The largest absolute Gasteiger partial charge is 0.300 e. The van der Waals surface area contributed by atoms with Gasteiger partial charge in [0.2, 0.25) is 0 Å². The summed E-state index contributed by atoms with van der Waals surface area (Å²) in [5, 5.41) is 12.6. The fourth-order valence-electron chi connectivity index (χ4n) is 3.03. The second kappa shape index (κ2) is 8.55. The monoisotopic (exact) mass is 265 g/mol. The first-order chi connectivity index (χ1) is 9.15. The van der Waals surface area contributed by atoms with E-state index < -0.39 is 0 Å². The molecule has 2 atom stereocenters. The van der Waals surface area contributed by atoms with Gasteiger partial charge in [-0.05, 0) is 71.5 Å². The lowest BCUT2D eigenvalue weighted by Gasteiger charge is -2.25. The van der Waals surface area contributed by atoms with Gasteiger partial charge in [-0.25, -0.2) is 0 Å². The van der Waals surface area contributed by atoms with E-state index in [0.717, 1.165) is 31.8 Å². The Morgan fingerprint density at radius 3 is 2.79 bits per heavy atom. The van der Waals surface area contributed by atoms with Crippen LogP contribution in [0.1, 0.15) is 65.7 Å². The molecule has 1 aliphatic heterocycles. The Morgan fingerprint density at radius 1 is 1.37 bits per heavy atom. The molecule has 0 radical (unpaired) electrons. The van der Waals surface area contributed by atoms with Crippen molar-refractivity contribution in [2.75, 3.05) is 19.6 Å². The predicted molar refractivity (Wildman–Crippen MR) is 81.0 cm³/mol. The summed E-state index contributed by atoms with van der Waals surface area (Å²) in [5.41, 5.74) is -0.328. The Balaban J connectivity index is 2.20. The van der Waals surface area contributed by atoms with Gasteiger partial charge < -0.3 is 4.90 Å². The van der Waals surface area contributed by atoms with E-state index in [9.17, 15) is 5.26 Å². The molecule has 19 heavy (non-hydrogen) atoms. The molecule has 0 aromatic rings. The van der Waals surface area contributed by atoms with Crippen LogP contribution in [-0.2, 0) is 0 Å². The van der Waals surface area contributed by atoms with Crippen molar-refractivity contribution >= 4 is 0 Å². The van der Waals surface area contributed by atoms with E-state index in [2.05, 4.69) is 30.1 Å². The molecule has 1 rings (SSSR count). The minimum Gasteiger partial charge on any atom is -0.300 e. The minimum atomic E-state index is -0.328. The number of rotatable bonds is 9. The summed E-state index contributed by atoms with van der Waals surface area (Å²) < 4.78 is 0. The smallest absolute Gasteiger partial charge is 0.103 e. The topological polar surface area (TPSA) is 39.1 Å². The SMILES string of the molecule is CCCNC(C)(C#N)CCCCN1CCCC1CC. The van der Waals surface area contributed by atoms with Gasteiger partial charge in [-0.3, -0.25) is 5.32 Å². The van der Waals surface area contributed by atoms with Crippen molar-refractivity contribution in [3.05, 3.63) is 0 Å². The van der Waals surface area contributed by atoms with Crippen LogP contribution in [0.25, 0.3) is 0 Å². The predicted octanol–water partition coefficient (Wildman–Crippen LogP) is 3.31. The van der Waals surface area contributed by atoms with Crippen molar-refractivity contribution in [2.45, 2.75) is 77.3 Å². The second-order valence-corrected chi connectivity index (χ2v) is 6.07. The van der Waals surface area contributed by atoms with E-state index in [1.165, 1.54) is 38.8 Å². The summed E-state index contributed by atoms with van der Waals surface area (Å²) in [5.74, 6) is 0. The fourth-order valence-corrected chi connectivity index (χ4v) is 3.03. The molecule has 0 bridgehead atoms. The van der Waals surface area contributed by atoms with Crippen LogP contribution < -0.4 is 5.32 Å². The molecule has 1 N–H and O–H groups in total. The van der Waals surface area contributed by atoms with Crippen molar-refractivity contribution in [2.24, 2.45) is 0 Å². The molecule has 3 heteroatoms. The lowest BCUT2D eigenvalue weighted by Crippen LogP contribution is -2.41. The van der Waals surface area contributed by atoms with Gasteiger partial charge in [-0.15, -0.1) is 0 Å². The molecule has 0 spiro atoms. The van der Waals surface area contributed by atoms with Crippen LogP contribution in [0.3, 0.4) is 0 Å². The summed E-state index contributed by atoms with van der Waals surface area (Å²) in [6.45, 7) is 9.91. The Hall–Kier alpha value is -0.590. The molecule has 0 aromatic carbocycles. The zero-order chi connectivity index (χ0) is 14.1. The molecular weight excluding hydrogens is 234 g/mol. The van der Waals surface area contributed by atoms with Crippen molar-refractivity contribution in [3.63, 3.8) is 0 Å². The van der Waals surface area contributed by atoms with Crippen molar-refractivity contribution in [3.8, 4) is 6.07 Å². The van der Waals surface area contributed by atoms with Crippen molar-refractivity contribution < 1.29 is 0 Å². The van der Waals surface area contributed by atoms with Gasteiger partial charge in [0.1, 0.15) is 5.54 Å². The van der Waals surface area contributed by atoms with Gasteiger partial charge >= 0.3 is 0 Å². The van der Waals surface area contributed by atoms with E-state index in [1.807, 2.05) is 6.92 Å². The number of hydrogen-bond donors (Lipinski definition) is 1. The fraction of sp³-hybridized carbons (Fsp3) is 0.938. The first-order valence-electron chi connectivity index (χ1n) is 8.05. The number of hydrogen-bond acceptors (Lipinski definition) is 3. The maximum absolute atomic E-state index is 9.28. The normalized spacial score (nSPS) is 23.2. The summed E-state index contributed by atoms with van der Waals surface area (Å²) in [4.78, 5) is 2.64. The van der Waals surface area contributed by atoms with Gasteiger partial charge in [0, 0.05) is 6.04 Å². The van der Waals surface area contributed by atoms with Crippen LogP contribution in [0.15, 0.2) is 0 Å². The highest BCUT2D eigenvalue weighted by Gasteiger charge is 2.24. The number of nitriles is 1. The molecular formula is C16H31N3.